The van der Waals surface area contributed by atoms with Gasteiger partial charge in [0, 0.05) is 11.7 Å². The maximum atomic E-state index is 12.4. The number of nitrogen functional groups attached to an aromatic ring is 1. The fraction of sp³-hybridized carbons (Fsp3) is 0.467. The minimum Gasteiger partial charge on any atom is -0.497 e. The summed E-state index contributed by atoms with van der Waals surface area (Å²) in [5, 5.41) is 12.2. The highest BCUT2D eigenvalue weighted by Gasteiger charge is 2.46. The second-order valence-corrected chi connectivity index (χ2v) is 5.59. The number of rotatable bonds is 4. The Kier molecular flexibility index (Phi) is 4.06. The Labute approximate surface area is 123 Å². The number of amides is 1. The lowest BCUT2D eigenvalue weighted by Gasteiger charge is -2.27. The number of benzene rings is 1. The average Bonchev–Trinajstić information content (AvgIpc) is 2.82. The first kappa shape index (κ1) is 15.2. The van der Waals surface area contributed by atoms with Gasteiger partial charge in [0.25, 0.3) is 5.91 Å². The summed E-state index contributed by atoms with van der Waals surface area (Å²) in [4.78, 5) is 23.8. The minimum atomic E-state index is -0.927. The molecule has 0 spiro atoms. The van der Waals surface area contributed by atoms with E-state index >= 15 is 0 Å². The number of anilines is 1. The van der Waals surface area contributed by atoms with Crippen molar-refractivity contribution >= 4 is 17.6 Å². The summed E-state index contributed by atoms with van der Waals surface area (Å²) in [6, 6.07) is 4.42. The molecule has 2 unspecified atom stereocenters. The van der Waals surface area contributed by atoms with Crippen LogP contribution in [0.3, 0.4) is 0 Å². The van der Waals surface area contributed by atoms with E-state index in [1.165, 1.54) is 7.11 Å². The molecule has 6 heteroatoms. The molecule has 4 N–H and O–H groups in total. The lowest BCUT2D eigenvalue weighted by molar-refractivity contribution is -0.148. The molecule has 0 aromatic heterocycles. The summed E-state index contributed by atoms with van der Waals surface area (Å²) in [5.74, 6) is -0.726. The van der Waals surface area contributed by atoms with Gasteiger partial charge in [-0.15, -0.1) is 0 Å². The van der Waals surface area contributed by atoms with Crippen LogP contribution in [0.5, 0.6) is 5.75 Å². The molecule has 1 amide bonds. The third kappa shape index (κ3) is 2.79. The van der Waals surface area contributed by atoms with Crippen LogP contribution in [0.25, 0.3) is 0 Å². The zero-order valence-corrected chi connectivity index (χ0v) is 12.2. The molecule has 2 atom stereocenters. The summed E-state index contributed by atoms with van der Waals surface area (Å²) in [6.07, 6.45) is 1.99. The molecule has 1 aromatic carbocycles. The van der Waals surface area contributed by atoms with Crippen molar-refractivity contribution in [2.45, 2.75) is 32.2 Å². The monoisotopic (exact) mass is 292 g/mol. The van der Waals surface area contributed by atoms with Crippen LogP contribution in [0.2, 0.25) is 0 Å². The highest BCUT2D eigenvalue weighted by Crippen LogP contribution is 2.38. The molecular formula is C15H20N2O4. The van der Waals surface area contributed by atoms with Crippen LogP contribution in [-0.4, -0.2) is 30.1 Å². The van der Waals surface area contributed by atoms with Gasteiger partial charge in [-0.05, 0) is 38.0 Å². The van der Waals surface area contributed by atoms with Crippen LogP contribution in [0.4, 0.5) is 5.69 Å². The van der Waals surface area contributed by atoms with Gasteiger partial charge in [-0.2, -0.15) is 0 Å². The van der Waals surface area contributed by atoms with Crippen molar-refractivity contribution in [1.29, 1.82) is 0 Å². The second kappa shape index (κ2) is 5.63. The molecule has 1 aromatic rings. The molecule has 0 radical (unpaired) electrons. The van der Waals surface area contributed by atoms with E-state index in [-0.39, 0.29) is 5.91 Å². The van der Waals surface area contributed by atoms with Crippen LogP contribution >= 0.6 is 0 Å². The molecule has 114 valence electrons. The fourth-order valence-electron chi connectivity index (χ4n) is 2.75. The topological polar surface area (TPSA) is 102 Å². The molecule has 21 heavy (non-hydrogen) atoms. The fourth-order valence-corrected chi connectivity index (χ4v) is 2.75. The standard InChI is InChI=1S/C15H20N2O4/c1-15(14(19)20)7-3-4-12(15)17-13(18)10-8-9(21-2)5-6-11(10)16/h5-6,8,12H,3-4,7,16H2,1-2H3,(H,17,18)(H,19,20). The van der Waals surface area contributed by atoms with Gasteiger partial charge in [0.05, 0.1) is 18.1 Å². The minimum absolute atomic E-state index is 0.300. The van der Waals surface area contributed by atoms with Crippen molar-refractivity contribution in [3.8, 4) is 5.75 Å². The Hall–Kier alpha value is -2.24. The number of nitrogens with one attached hydrogen (secondary N) is 1. The first-order valence-corrected chi connectivity index (χ1v) is 6.86. The number of carbonyl (C=O) groups is 2. The lowest BCUT2D eigenvalue weighted by Crippen LogP contribution is -2.47. The summed E-state index contributed by atoms with van der Waals surface area (Å²) >= 11 is 0. The summed E-state index contributed by atoms with van der Waals surface area (Å²) in [6.45, 7) is 1.67. The number of carbonyl (C=O) groups excluding carboxylic acids is 1. The average molecular weight is 292 g/mol. The SMILES string of the molecule is COc1ccc(N)c(C(=O)NC2CCCC2(C)C(=O)O)c1. The number of aliphatic carboxylic acids is 1. The molecule has 0 heterocycles. The molecule has 1 fully saturated rings. The van der Waals surface area contributed by atoms with Crippen LogP contribution in [0.15, 0.2) is 18.2 Å². The van der Waals surface area contributed by atoms with Crippen molar-refractivity contribution in [3.63, 3.8) is 0 Å². The Morgan fingerprint density at radius 3 is 2.81 bits per heavy atom. The number of nitrogens with two attached hydrogens (primary N) is 1. The number of carboxylic acids is 1. The maximum absolute atomic E-state index is 12.4. The molecule has 6 nitrogen and oxygen atoms in total. The largest absolute Gasteiger partial charge is 0.497 e. The number of hydrogen-bond donors (Lipinski definition) is 3. The van der Waals surface area contributed by atoms with Crippen molar-refractivity contribution in [3.05, 3.63) is 23.8 Å². The van der Waals surface area contributed by atoms with Crippen LogP contribution < -0.4 is 15.8 Å². The van der Waals surface area contributed by atoms with Gasteiger partial charge in [0.15, 0.2) is 0 Å². The predicted octanol–water partition coefficient (Wildman–Crippen LogP) is 1.65. The quantitative estimate of drug-likeness (QED) is 0.732. The van der Waals surface area contributed by atoms with Gasteiger partial charge in [0.2, 0.25) is 0 Å². The summed E-state index contributed by atoms with van der Waals surface area (Å²) < 4.78 is 5.08. The Bertz CT molecular complexity index is 573. The van der Waals surface area contributed by atoms with Crippen molar-refractivity contribution in [1.82, 2.24) is 5.32 Å². The smallest absolute Gasteiger partial charge is 0.311 e. The van der Waals surface area contributed by atoms with E-state index in [2.05, 4.69) is 5.32 Å². The third-order valence-electron chi connectivity index (χ3n) is 4.26. The molecule has 1 saturated carbocycles. The Morgan fingerprint density at radius 2 is 2.19 bits per heavy atom. The molecular weight excluding hydrogens is 272 g/mol. The first-order chi connectivity index (χ1) is 9.88. The maximum Gasteiger partial charge on any atom is 0.311 e. The summed E-state index contributed by atoms with van der Waals surface area (Å²) in [5.41, 5.74) is 5.52. The zero-order valence-electron chi connectivity index (χ0n) is 12.2. The third-order valence-corrected chi connectivity index (χ3v) is 4.26. The van der Waals surface area contributed by atoms with E-state index < -0.39 is 17.4 Å². The predicted molar refractivity (Wildman–Crippen MR) is 78.3 cm³/mol. The van der Waals surface area contributed by atoms with E-state index in [0.717, 1.165) is 6.42 Å². The van der Waals surface area contributed by atoms with Crippen molar-refractivity contribution < 1.29 is 19.4 Å². The normalized spacial score (nSPS) is 24.6. The molecule has 1 aliphatic carbocycles. The van der Waals surface area contributed by atoms with Gasteiger partial charge in [-0.25, -0.2) is 0 Å². The van der Waals surface area contributed by atoms with E-state index in [1.807, 2.05) is 0 Å². The highest BCUT2D eigenvalue weighted by molar-refractivity contribution is 6.00. The van der Waals surface area contributed by atoms with Crippen LogP contribution in [0.1, 0.15) is 36.5 Å². The molecule has 1 aliphatic rings. The van der Waals surface area contributed by atoms with Crippen LogP contribution in [0, 0.1) is 5.41 Å². The molecule has 0 bridgehead atoms. The highest BCUT2D eigenvalue weighted by atomic mass is 16.5. The number of hydrogen-bond acceptors (Lipinski definition) is 4. The Balaban J connectivity index is 2.20. The van der Waals surface area contributed by atoms with E-state index in [1.54, 1.807) is 25.1 Å². The second-order valence-electron chi connectivity index (χ2n) is 5.59. The van der Waals surface area contributed by atoms with Gasteiger partial charge in [0.1, 0.15) is 5.75 Å². The molecule has 0 saturated heterocycles. The van der Waals surface area contributed by atoms with Crippen molar-refractivity contribution in [2.75, 3.05) is 12.8 Å². The Morgan fingerprint density at radius 1 is 1.48 bits per heavy atom. The number of methoxy groups -OCH3 is 1. The summed E-state index contributed by atoms with van der Waals surface area (Å²) in [7, 11) is 1.51. The van der Waals surface area contributed by atoms with E-state index in [4.69, 9.17) is 10.5 Å². The lowest BCUT2D eigenvalue weighted by atomic mass is 9.85. The van der Waals surface area contributed by atoms with E-state index in [0.29, 0.717) is 29.8 Å². The van der Waals surface area contributed by atoms with Gasteiger partial charge >= 0.3 is 5.97 Å². The first-order valence-electron chi connectivity index (χ1n) is 6.86. The van der Waals surface area contributed by atoms with E-state index in [9.17, 15) is 14.7 Å². The van der Waals surface area contributed by atoms with Crippen LogP contribution in [-0.2, 0) is 4.79 Å². The molecule has 2 rings (SSSR count). The molecule has 0 aliphatic heterocycles. The number of carboxylic acid groups (broad SMARTS) is 1. The zero-order chi connectivity index (χ0) is 15.6. The van der Waals surface area contributed by atoms with Gasteiger partial charge in [-0.3, -0.25) is 9.59 Å². The van der Waals surface area contributed by atoms with Crippen molar-refractivity contribution in [2.24, 2.45) is 5.41 Å². The van der Waals surface area contributed by atoms with Gasteiger partial charge in [-0.1, -0.05) is 6.42 Å². The number of ether oxygens (including phenoxy) is 1. The van der Waals surface area contributed by atoms with Gasteiger partial charge < -0.3 is 20.9 Å².